The second-order valence-electron chi connectivity index (χ2n) is 36.0. The van der Waals surface area contributed by atoms with E-state index in [1.54, 1.807) is 238 Å². The molecule has 0 spiro atoms. The van der Waals surface area contributed by atoms with Crippen molar-refractivity contribution in [3.63, 3.8) is 0 Å². The molecule has 0 N–H and O–H groups in total. The lowest BCUT2D eigenvalue weighted by Crippen LogP contribution is -2.54. The van der Waals surface area contributed by atoms with Gasteiger partial charge in [-0.05, 0) is 390 Å². The predicted octanol–water partition coefficient (Wildman–Crippen LogP) is 21.2. The molecule has 37 aliphatic rings. The highest BCUT2D eigenvalue weighted by atomic mass is 19.1. The number of hydrogen-bond acceptors (Lipinski definition) is 0. The normalized spacial score (nSPS) is 58.7. The quantitative estimate of drug-likeness (QED) is 0.227. The summed E-state index contributed by atoms with van der Waals surface area (Å²) in [6.07, 6.45) is 63.4. The minimum absolute atomic E-state index is 0.634. The van der Waals surface area contributed by atoms with Crippen LogP contribution in [-0.4, -0.2) is 11.3 Å². The molecular formula is C73H116F2. The molecule has 422 valence electrons. The lowest BCUT2D eigenvalue weighted by atomic mass is 9.45. The fraction of sp³-hybridized carbons (Fsp3) is 1.00. The summed E-state index contributed by atoms with van der Waals surface area (Å²) in [4.78, 5) is 0. The van der Waals surface area contributed by atoms with E-state index in [0.717, 1.165) is 61.2 Å². The Morgan fingerprint density at radius 1 is 0.187 bits per heavy atom. The zero-order chi connectivity index (χ0) is 50.3. The molecule has 0 aromatic carbocycles. The Bertz CT molecular complexity index is 1510. The molecule has 0 aliphatic heterocycles. The van der Waals surface area contributed by atoms with E-state index in [2.05, 4.69) is 13.8 Å². The molecule has 6 unspecified atom stereocenters. The molecule has 0 aromatic heterocycles. The SMILES string of the molecule is C1C2CC12.C1C2CC12.C1C2CC1C2.C1C2CC1C2.C1CC2CC12.C1CC2CC12.C1CC2CC12.C1CC2CC1C2.C1CC2CC1C2.C1CC2CC1C2.CC12CC(C1)C2.CC12CC(C1)C2.FC12CC(C1)C2.FC12CC(C1)C2. The van der Waals surface area contributed by atoms with Gasteiger partial charge in [0.05, 0.1) is 0 Å². The van der Waals surface area contributed by atoms with Crippen LogP contribution in [0.5, 0.6) is 0 Å². The van der Waals surface area contributed by atoms with Crippen LogP contribution in [0.2, 0.25) is 0 Å². The van der Waals surface area contributed by atoms with E-state index in [-0.39, 0.29) is 0 Å². The predicted molar refractivity (Wildman–Crippen MR) is 306 cm³/mol. The zero-order valence-electron chi connectivity index (χ0n) is 49.0. The molecule has 75 heavy (non-hydrogen) atoms. The molecule has 6 atom stereocenters. The maximum absolute atomic E-state index is 12.3. The second kappa shape index (κ2) is 20.3. The third-order valence-corrected chi connectivity index (χ3v) is 28.4. The van der Waals surface area contributed by atoms with Crippen LogP contribution in [0.4, 0.5) is 8.78 Å². The molecule has 0 aromatic rings. The van der Waals surface area contributed by atoms with E-state index in [0.29, 0.717) is 0 Å². The van der Waals surface area contributed by atoms with Gasteiger partial charge in [0.1, 0.15) is 11.3 Å². The Morgan fingerprint density at radius 2 is 0.307 bits per heavy atom. The van der Waals surface area contributed by atoms with Gasteiger partial charge in [-0.2, -0.15) is 0 Å². The van der Waals surface area contributed by atoms with Crippen LogP contribution in [0.1, 0.15) is 290 Å². The smallest absolute Gasteiger partial charge is 0.111 e. The van der Waals surface area contributed by atoms with Gasteiger partial charge >= 0.3 is 0 Å². The number of hydrogen-bond donors (Lipinski definition) is 0. The second-order valence-corrected chi connectivity index (χ2v) is 36.0. The van der Waals surface area contributed by atoms with E-state index in [1.807, 2.05) is 0 Å². The van der Waals surface area contributed by atoms with Gasteiger partial charge in [0.15, 0.2) is 0 Å². The maximum atomic E-state index is 12.3. The number of fused-ring (bicyclic) bond motifs is 8. The molecule has 0 amide bonds. The third kappa shape index (κ3) is 12.9. The number of alkyl halides is 2. The average Bonchev–Trinajstić information content (AvgIpc) is 4.12. The number of halogens is 2. The van der Waals surface area contributed by atoms with Gasteiger partial charge in [-0.15, -0.1) is 0 Å². The molecule has 37 fully saturated rings. The van der Waals surface area contributed by atoms with Crippen molar-refractivity contribution in [2.45, 2.75) is 301 Å². The molecule has 0 heterocycles. The fourth-order valence-electron chi connectivity index (χ4n) is 19.1. The molecule has 37 rings (SSSR count). The topological polar surface area (TPSA) is 0 Å². The summed E-state index contributed by atoms with van der Waals surface area (Å²) in [6.45, 7) is 4.79. The molecule has 0 radical (unpaired) electrons. The summed E-state index contributed by atoms with van der Waals surface area (Å²) in [5.74, 6) is 28.3. The summed E-state index contributed by atoms with van der Waals surface area (Å²) < 4.78 is 24.5. The Hall–Kier alpha value is -0.140. The van der Waals surface area contributed by atoms with Gasteiger partial charge < -0.3 is 0 Å². The van der Waals surface area contributed by atoms with E-state index >= 15 is 0 Å². The van der Waals surface area contributed by atoms with Crippen LogP contribution in [0.25, 0.3) is 0 Å². The lowest BCUT2D eigenvalue weighted by Gasteiger charge is -2.60. The van der Waals surface area contributed by atoms with Crippen molar-refractivity contribution in [2.75, 3.05) is 0 Å². The van der Waals surface area contributed by atoms with Crippen molar-refractivity contribution in [3.8, 4) is 0 Å². The molecule has 37 saturated carbocycles. The summed E-state index contributed by atoms with van der Waals surface area (Å²) in [5, 5.41) is 0. The van der Waals surface area contributed by atoms with Gasteiger partial charge in [-0.1, -0.05) is 52.4 Å². The minimum Gasteiger partial charge on any atom is -0.244 e. The first-order valence-electron chi connectivity index (χ1n) is 35.6. The van der Waals surface area contributed by atoms with Crippen LogP contribution in [-0.2, 0) is 0 Å². The Kier molecular flexibility index (Phi) is 14.0. The molecule has 37 aliphatic carbocycles. The largest absolute Gasteiger partial charge is 0.244 e. The minimum atomic E-state index is -0.634. The molecule has 18 bridgehead atoms. The first-order valence-corrected chi connectivity index (χ1v) is 35.6. The van der Waals surface area contributed by atoms with Crippen LogP contribution < -0.4 is 0 Å². The van der Waals surface area contributed by atoms with Crippen molar-refractivity contribution in [2.24, 2.45) is 153 Å². The summed E-state index contributed by atoms with van der Waals surface area (Å²) in [7, 11) is 0. The van der Waals surface area contributed by atoms with Gasteiger partial charge in [0.2, 0.25) is 0 Å². The van der Waals surface area contributed by atoms with Crippen molar-refractivity contribution in [3.05, 3.63) is 0 Å². The van der Waals surface area contributed by atoms with Crippen molar-refractivity contribution in [1.29, 1.82) is 0 Å². The molecule has 2 heteroatoms. The standard InChI is InChI=1S/5C6H10.2C5H7F.5C5H8.2C4H6/c2*1-6-2-5(3-6)4-6;3*1-2-6-3-5(1)4-6;2*6-5-1-4(2-5)3-5;2*1-4-2-5(1)3-4;3*1-2-5-3-4(1)5;2*1-3-2-4(1)3/h2*5H,2-4H2,1H3;3*5-6H,1-4H2;2*4H,1-3H2;5*4-5H,1-3H2;2*3-4H,1-2H2. The molecule has 0 nitrogen and oxygen atoms in total. The van der Waals surface area contributed by atoms with Crippen LogP contribution in [0.3, 0.4) is 0 Å². The lowest BCUT2D eigenvalue weighted by molar-refractivity contribution is -0.128. The Labute approximate surface area is 460 Å². The Morgan fingerprint density at radius 3 is 0.320 bits per heavy atom. The van der Waals surface area contributed by atoms with Crippen LogP contribution in [0, 0.1) is 153 Å². The van der Waals surface area contributed by atoms with E-state index < -0.39 is 11.3 Å². The van der Waals surface area contributed by atoms with Gasteiger partial charge in [0.25, 0.3) is 0 Å². The van der Waals surface area contributed by atoms with Gasteiger partial charge in [0, 0.05) is 0 Å². The summed E-state index contributed by atoms with van der Waals surface area (Å²) in [6, 6.07) is 0. The van der Waals surface area contributed by atoms with Crippen molar-refractivity contribution in [1.82, 2.24) is 0 Å². The van der Waals surface area contributed by atoms with Gasteiger partial charge in [-0.25, -0.2) is 8.78 Å². The average molecular weight is 1030 g/mol. The van der Waals surface area contributed by atoms with Crippen molar-refractivity contribution >= 4 is 0 Å². The zero-order valence-corrected chi connectivity index (χ0v) is 49.0. The highest BCUT2D eigenvalue weighted by Crippen LogP contribution is 2.66. The van der Waals surface area contributed by atoms with E-state index in [4.69, 9.17) is 0 Å². The first-order chi connectivity index (χ1) is 36.2. The monoisotopic (exact) mass is 1030 g/mol. The first kappa shape index (κ1) is 51.7. The fourth-order valence-corrected chi connectivity index (χ4v) is 19.1. The highest BCUT2D eigenvalue weighted by Gasteiger charge is 2.59. The van der Waals surface area contributed by atoms with Crippen molar-refractivity contribution < 1.29 is 8.78 Å². The maximum Gasteiger partial charge on any atom is 0.111 e. The number of rotatable bonds is 0. The highest BCUT2D eigenvalue weighted by molar-refractivity contribution is 5.09. The molecular weight excluding hydrogens is 915 g/mol. The van der Waals surface area contributed by atoms with E-state index in [9.17, 15) is 8.78 Å². The van der Waals surface area contributed by atoms with Gasteiger partial charge in [-0.3, -0.25) is 0 Å². The Balaban J connectivity index is 0.0000000712. The van der Waals surface area contributed by atoms with Crippen LogP contribution in [0.15, 0.2) is 0 Å². The van der Waals surface area contributed by atoms with Crippen LogP contribution >= 0.6 is 0 Å². The molecule has 0 saturated heterocycles. The summed E-state index contributed by atoms with van der Waals surface area (Å²) in [5.41, 5.74) is 0.463. The third-order valence-electron chi connectivity index (χ3n) is 28.4. The van der Waals surface area contributed by atoms with E-state index in [1.165, 1.54) is 130 Å². The summed E-state index contributed by atoms with van der Waals surface area (Å²) >= 11 is 0.